The third kappa shape index (κ3) is 2.51. The van der Waals surface area contributed by atoms with E-state index in [9.17, 15) is 0 Å². The van der Waals surface area contributed by atoms with E-state index in [0.29, 0.717) is 17.4 Å². The number of rotatable bonds is 2. The number of nitrogen functional groups attached to an aromatic ring is 1. The van der Waals surface area contributed by atoms with Gasteiger partial charge < -0.3 is 10.3 Å². The van der Waals surface area contributed by atoms with Crippen LogP contribution in [0, 0.1) is 17.4 Å². The van der Waals surface area contributed by atoms with E-state index >= 15 is 0 Å². The van der Waals surface area contributed by atoms with Gasteiger partial charge in [0.05, 0.1) is 20.5 Å². The lowest BCUT2D eigenvalue weighted by molar-refractivity contribution is 0.393. The first-order valence-corrected chi connectivity index (χ1v) is 7.47. The van der Waals surface area contributed by atoms with Crippen molar-refractivity contribution in [1.29, 1.82) is 0 Å². The number of nitrogens with two attached hydrogens (primary N) is 1. The Morgan fingerprint density at radius 2 is 1.81 bits per heavy atom. The van der Waals surface area contributed by atoms with Crippen molar-refractivity contribution < 1.29 is 4.52 Å². The van der Waals surface area contributed by atoms with Gasteiger partial charge in [0.25, 0.3) is 0 Å². The van der Waals surface area contributed by atoms with Crippen molar-refractivity contribution in [1.82, 2.24) is 15.1 Å². The second-order valence-corrected chi connectivity index (χ2v) is 5.74. The molecule has 5 nitrogen and oxygen atoms in total. The highest BCUT2D eigenvalue weighted by atomic mass is 127. The Bertz CT molecular complexity index is 779. The number of benzene rings is 1. The smallest absolute Gasteiger partial charge is 0.167 e. The van der Waals surface area contributed by atoms with Gasteiger partial charge in [-0.05, 0) is 36.4 Å². The molecule has 2 N–H and O–H groups in total. The van der Waals surface area contributed by atoms with E-state index in [-0.39, 0.29) is 0 Å². The number of hydrogen-bond donors (Lipinski definition) is 1. The van der Waals surface area contributed by atoms with Gasteiger partial charge in [-0.25, -0.2) is 9.97 Å². The topological polar surface area (TPSA) is 77.8 Å². The minimum atomic E-state index is 0.458. The van der Waals surface area contributed by atoms with Gasteiger partial charge in [-0.15, -0.1) is 0 Å². The molecule has 3 rings (SSSR count). The fourth-order valence-corrected chi connectivity index (χ4v) is 2.72. The van der Waals surface area contributed by atoms with E-state index in [1.165, 1.54) is 0 Å². The fraction of sp³-hybridized carbons (Fsp3) is 0.133. The summed E-state index contributed by atoms with van der Waals surface area (Å²) in [6.07, 6.45) is 0. The molecule has 0 atom stereocenters. The van der Waals surface area contributed by atoms with Crippen LogP contribution in [0.2, 0.25) is 0 Å². The van der Waals surface area contributed by atoms with Gasteiger partial charge in [-0.1, -0.05) is 35.5 Å². The predicted molar refractivity (Wildman–Crippen MR) is 89.6 cm³/mol. The molecule has 0 aliphatic rings. The monoisotopic (exact) mass is 392 g/mol. The van der Waals surface area contributed by atoms with Crippen molar-refractivity contribution in [2.75, 3.05) is 5.73 Å². The van der Waals surface area contributed by atoms with E-state index in [1.54, 1.807) is 0 Å². The Balaban J connectivity index is 2.24. The summed E-state index contributed by atoms with van der Waals surface area (Å²) >= 11 is 2.17. The van der Waals surface area contributed by atoms with Crippen LogP contribution in [0.25, 0.3) is 22.6 Å². The molecule has 0 amide bonds. The molecular weight excluding hydrogens is 379 g/mol. The molecule has 106 valence electrons. The molecule has 0 unspecified atom stereocenters. The predicted octanol–water partition coefficient (Wildman–Crippen LogP) is 3.60. The van der Waals surface area contributed by atoms with E-state index in [4.69, 9.17) is 10.3 Å². The minimum Gasteiger partial charge on any atom is -0.383 e. The maximum Gasteiger partial charge on any atom is 0.167 e. The van der Waals surface area contributed by atoms with Crippen LogP contribution >= 0.6 is 22.6 Å². The fourth-order valence-electron chi connectivity index (χ4n) is 2.17. The second kappa shape index (κ2) is 5.44. The zero-order valence-corrected chi connectivity index (χ0v) is 13.7. The summed E-state index contributed by atoms with van der Waals surface area (Å²) in [7, 11) is 0. The Morgan fingerprint density at radius 1 is 1.10 bits per heavy atom. The molecule has 0 fully saturated rings. The van der Waals surface area contributed by atoms with E-state index < -0.39 is 0 Å². The lowest BCUT2D eigenvalue weighted by Gasteiger charge is -2.09. The number of aryl methyl sites for hydroxylation is 2. The van der Waals surface area contributed by atoms with Gasteiger partial charge in [0, 0.05) is 5.56 Å². The average molecular weight is 392 g/mol. The SMILES string of the molecule is Cc1noc(C)c1-c1nc(N)c(I)c(-c2ccccc2)n1. The summed E-state index contributed by atoms with van der Waals surface area (Å²) in [5.41, 5.74) is 9.44. The first-order chi connectivity index (χ1) is 10.1. The third-order valence-corrected chi connectivity index (χ3v) is 4.24. The quantitative estimate of drug-likeness (QED) is 0.675. The molecule has 2 aromatic heterocycles. The molecule has 1 aromatic carbocycles. The first kappa shape index (κ1) is 14.0. The molecule has 2 heterocycles. The molecule has 6 heteroatoms. The van der Waals surface area contributed by atoms with Gasteiger partial charge in [-0.2, -0.15) is 0 Å². The molecule has 0 aliphatic heterocycles. The summed E-state index contributed by atoms with van der Waals surface area (Å²) in [6, 6.07) is 9.91. The highest BCUT2D eigenvalue weighted by molar-refractivity contribution is 14.1. The van der Waals surface area contributed by atoms with Gasteiger partial charge in [0.15, 0.2) is 5.82 Å². The Morgan fingerprint density at radius 3 is 2.43 bits per heavy atom. The third-order valence-electron chi connectivity index (χ3n) is 3.18. The van der Waals surface area contributed by atoms with Crippen LogP contribution in [0.5, 0.6) is 0 Å². The Labute approximate surface area is 135 Å². The Kier molecular flexibility index (Phi) is 3.62. The highest BCUT2D eigenvalue weighted by Gasteiger charge is 2.18. The Hall–Kier alpha value is -1.96. The number of hydrogen-bond acceptors (Lipinski definition) is 5. The summed E-state index contributed by atoms with van der Waals surface area (Å²) < 4.78 is 6.03. The summed E-state index contributed by atoms with van der Waals surface area (Å²) in [5, 5.41) is 3.95. The molecule has 0 saturated carbocycles. The van der Waals surface area contributed by atoms with Crippen LogP contribution < -0.4 is 5.73 Å². The van der Waals surface area contributed by atoms with E-state index in [2.05, 4.69) is 37.7 Å². The maximum atomic E-state index is 6.06. The van der Waals surface area contributed by atoms with Crippen LogP contribution in [0.15, 0.2) is 34.9 Å². The lowest BCUT2D eigenvalue weighted by Crippen LogP contribution is -2.03. The largest absolute Gasteiger partial charge is 0.383 e. The van der Waals surface area contributed by atoms with Crippen molar-refractivity contribution >= 4 is 28.4 Å². The number of halogens is 1. The van der Waals surface area contributed by atoms with E-state index in [0.717, 1.165) is 26.1 Å². The highest BCUT2D eigenvalue weighted by Crippen LogP contribution is 2.31. The summed E-state index contributed by atoms with van der Waals surface area (Å²) in [4.78, 5) is 9.05. The average Bonchev–Trinajstić information content (AvgIpc) is 2.82. The van der Waals surface area contributed by atoms with Crippen LogP contribution in [-0.4, -0.2) is 15.1 Å². The molecule has 0 saturated heterocycles. The van der Waals surface area contributed by atoms with Gasteiger partial charge in [0.1, 0.15) is 11.6 Å². The molecule has 3 aromatic rings. The summed E-state index contributed by atoms with van der Waals surface area (Å²) in [5.74, 6) is 1.69. The van der Waals surface area contributed by atoms with Crippen molar-refractivity contribution in [2.45, 2.75) is 13.8 Å². The normalized spacial score (nSPS) is 10.8. The van der Waals surface area contributed by atoms with Gasteiger partial charge >= 0.3 is 0 Å². The van der Waals surface area contributed by atoms with Gasteiger partial charge in [-0.3, -0.25) is 0 Å². The second-order valence-electron chi connectivity index (χ2n) is 4.66. The number of nitrogens with zero attached hydrogens (tertiary/aromatic N) is 3. The van der Waals surface area contributed by atoms with Gasteiger partial charge in [0.2, 0.25) is 0 Å². The van der Waals surface area contributed by atoms with Crippen LogP contribution in [0.4, 0.5) is 5.82 Å². The summed E-state index contributed by atoms with van der Waals surface area (Å²) in [6.45, 7) is 3.71. The number of aromatic nitrogens is 3. The molecule has 0 aliphatic carbocycles. The van der Waals surface area contributed by atoms with Crippen molar-refractivity contribution in [3.8, 4) is 22.6 Å². The van der Waals surface area contributed by atoms with Crippen LogP contribution in [0.1, 0.15) is 11.5 Å². The van der Waals surface area contributed by atoms with Crippen LogP contribution in [-0.2, 0) is 0 Å². The molecule has 0 bridgehead atoms. The van der Waals surface area contributed by atoms with Crippen LogP contribution in [0.3, 0.4) is 0 Å². The maximum absolute atomic E-state index is 6.06. The van der Waals surface area contributed by atoms with Crippen molar-refractivity contribution in [3.05, 3.63) is 45.4 Å². The first-order valence-electron chi connectivity index (χ1n) is 6.39. The minimum absolute atomic E-state index is 0.458. The molecule has 0 radical (unpaired) electrons. The van der Waals surface area contributed by atoms with Crippen molar-refractivity contribution in [3.63, 3.8) is 0 Å². The molecule has 21 heavy (non-hydrogen) atoms. The van der Waals surface area contributed by atoms with E-state index in [1.807, 2.05) is 44.2 Å². The lowest BCUT2D eigenvalue weighted by atomic mass is 10.1. The molecular formula is C15H13IN4O. The zero-order valence-electron chi connectivity index (χ0n) is 11.6. The van der Waals surface area contributed by atoms with Crippen molar-refractivity contribution in [2.24, 2.45) is 0 Å². The molecule has 0 spiro atoms. The number of anilines is 1. The standard InChI is InChI=1S/C15H13IN4O/c1-8-11(9(2)21-20-8)15-18-13(12(16)14(17)19-15)10-6-4-3-5-7-10/h3-7H,1-2H3,(H2,17,18,19). The zero-order chi connectivity index (χ0) is 15.0.